The summed E-state index contributed by atoms with van der Waals surface area (Å²) in [7, 11) is 0. The van der Waals surface area contributed by atoms with E-state index in [1.807, 2.05) is 6.08 Å². The molecule has 1 rings (SSSR count). The SMILES string of the molecule is C=C1C(C=O)C=CC(C)(C)C1CCCO. The minimum absolute atomic E-state index is 0.0474. The molecule has 0 heterocycles. The van der Waals surface area contributed by atoms with E-state index in [0.29, 0.717) is 5.92 Å². The molecule has 0 aromatic carbocycles. The summed E-state index contributed by atoms with van der Waals surface area (Å²) >= 11 is 0. The molecular weight excluding hydrogens is 188 g/mol. The van der Waals surface area contributed by atoms with E-state index in [2.05, 4.69) is 26.5 Å². The Morgan fingerprint density at radius 3 is 2.80 bits per heavy atom. The summed E-state index contributed by atoms with van der Waals surface area (Å²) in [5.74, 6) is 0.159. The van der Waals surface area contributed by atoms with Crippen molar-refractivity contribution >= 4 is 6.29 Å². The zero-order valence-electron chi connectivity index (χ0n) is 9.57. The highest BCUT2D eigenvalue weighted by molar-refractivity contribution is 5.63. The molecule has 1 aliphatic rings. The lowest BCUT2D eigenvalue weighted by Gasteiger charge is -2.38. The van der Waals surface area contributed by atoms with Gasteiger partial charge < -0.3 is 9.90 Å². The van der Waals surface area contributed by atoms with E-state index in [4.69, 9.17) is 5.11 Å². The highest BCUT2D eigenvalue weighted by Gasteiger charge is 2.34. The molecule has 2 atom stereocenters. The molecule has 0 saturated heterocycles. The van der Waals surface area contributed by atoms with Gasteiger partial charge in [0.1, 0.15) is 6.29 Å². The van der Waals surface area contributed by atoms with Gasteiger partial charge in [0.05, 0.1) is 5.92 Å². The third kappa shape index (κ3) is 2.57. The summed E-state index contributed by atoms with van der Waals surface area (Å²) in [6.07, 6.45) is 6.65. The number of aldehydes is 1. The number of hydrogen-bond donors (Lipinski definition) is 1. The van der Waals surface area contributed by atoms with Crippen LogP contribution in [-0.4, -0.2) is 18.0 Å². The van der Waals surface area contributed by atoms with Crippen LogP contribution in [0.15, 0.2) is 24.3 Å². The molecular formula is C13H20O2. The van der Waals surface area contributed by atoms with Gasteiger partial charge in [-0.25, -0.2) is 0 Å². The van der Waals surface area contributed by atoms with E-state index in [0.717, 1.165) is 24.7 Å². The number of aliphatic hydroxyl groups is 1. The van der Waals surface area contributed by atoms with Gasteiger partial charge in [0.15, 0.2) is 0 Å². The number of allylic oxidation sites excluding steroid dienone is 3. The first-order valence-corrected chi connectivity index (χ1v) is 5.47. The second-order valence-corrected chi connectivity index (χ2v) is 4.84. The number of rotatable bonds is 4. The first-order valence-electron chi connectivity index (χ1n) is 5.47. The Morgan fingerprint density at radius 1 is 1.60 bits per heavy atom. The van der Waals surface area contributed by atoms with Crippen LogP contribution in [0.1, 0.15) is 26.7 Å². The van der Waals surface area contributed by atoms with Gasteiger partial charge in [-0.3, -0.25) is 0 Å². The molecule has 15 heavy (non-hydrogen) atoms. The lowest BCUT2D eigenvalue weighted by Crippen LogP contribution is -2.30. The molecule has 0 aromatic heterocycles. The smallest absolute Gasteiger partial charge is 0.130 e. The molecule has 1 aliphatic carbocycles. The van der Waals surface area contributed by atoms with Crippen molar-refractivity contribution in [2.45, 2.75) is 26.7 Å². The molecule has 0 radical (unpaired) electrons. The number of hydrogen-bond acceptors (Lipinski definition) is 2. The van der Waals surface area contributed by atoms with E-state index in [9.17, 15) is 4.79 Å². The lowest BCUT2D eigenvalue weighted by molar-refractivity contribution is -0.109. The maximum atomic E-state index is 10.8. The van der Waals surface area contributed by atoms with Crippen molar-refractivity contribution in [3.63, 3.8) is 0 Å². The van der Waals surface area contributed by atoms with Gasteiger partial charge in [0.25, 0.3) is 0 Å². The highest BCUT2D eigenvalue weighted by Crippen LogP contribution is 2.43. The van der Waals surface area contributed by atoms with Gasteiger partial charge in [-0.15, -0.1) is 0 Å². The molecule has 2 unspecified atom stereocenters. The van der Waals surface area contributed by atoms with Crippen molar-refractivity contribution in [2.24, 2.45) is 17.3 Å². The van der Waals surface area contributed by atoms with Crippen molar-refractivity contribution in [3.8, 4) is 0 Å². The second kappa shape index (κ2) is 4.75. The molecule has 2 heteroatoms. The summed E-state index contributed by atoms with van der Waals surface area (Å²) in [5, 5.41) is 8.86. The fourth-order valence-electron chi connectivity index (χ4n) is 2.29. The summed E-state index contributed by atoms with van der Waals surface area (Å²) in [4.78, 5) is 10.8. The lowest BCUT2D eigenvalue weighted by atomic mass is 9.66. The quantitative estimate of drug-likeness (QED) is 0.568. The zero-order chi connectivity index (χ0) is 11.5. The topological polar surface area (TPSA) is 37.3 Å². The molecule has 84 valence electrons. The number of carbonyl (C=O) groups is 1. The molecule has 0 spiro atoms. The zero-order valence-corrected chi connectivity index (χ0v) is 9.57. The number of aliphatic hydroxyl groups excluding tert-OH is 1. The average molecular weight is 208 g/mol. The maximum absolute atomic E-state index is 10.8. The second-order valence-electron chi connectivity index (χ2n) is 4.84. The van der Waals surface area contributed by atoms with Gasteiger partial charge in [-0.05, 0) is 24.2 Å². The Labute approximate surface area is 91.7 Å². The molecule has 2 nitrogen and oxygen atoms in total. The Hall–Kier alpha value is -0.890. The van der Waals surface area contributed by atoms with Crippen LogP contribution >= 0.6 is 0 Å². The summed E-state index contributed by atoms with van der Waals surface area (Å²) in [6, 6.07) is 0. The standard InChI is InChI=1S/C13H20O2/c1-10-11(9-15)6-7-13(2,3)12(10)5-4-8-14/h6-7,9,11-12,14H,1,4-5,8H2,2-3H3. The van der Waals surface area contributed by atoms with E-state index < -0.39 is 0 Å². The predicted octanol–water partition coefficient (Wildman–Crippen LogP) is 2.34. The molecule has 0 bridgehead atoms. The normalized spacial score (nSPS) is 29.1. The van der Waals surface area contributed by atoms with Gasteiger partial charge in [0.2, 0.25) is 0 Å². The van der Waals surface area contributed by atoms with Crippen LogP contribution in [-0.2, 0) is 4.79 Å². The fourth-order valence-corrected chi connectivity index (χ4v) is 2.29. The molecule has 0 fully saturated rings. The van der Waals surface area contributed by atoms with Crippen LogP contribution in [0, 0.1) is 17.3 Å². The van der Waals surface area contributed by atoms with E-state index in [1.54, 1.807) is 0 Å². The van der Waals surface area contributed by atoms with Gasteiger partial charge >= 0.3 is 0 Å². The fraction of sp³-hybridized carbons (Fsp3) is 0.615. The largest absolute Gasteiger partial charge is 0.396 e. The third-order valence-electron chi connectivity index (χ3n) is 3.30. The Bertz CT molecular complexity index is 276. The van der Waals surface area contributed by atoms with Crippen molar-refractivity contribution in [3.05, 3.63) is 24.3 Å². The van der Waals surface area contributed by atoms with Crippen LogP contribution in [0.3, 0.4) is 0 Å². The first kappa shape index (κ1) is 12.2. The Morgan fingerprint density at radius 2 is 2.27 bits per heavy atom. The Kier molecular flexibility index (Phi) is 3.86. The van der Waals surface area contributed by atoms with E-state index >= 15 is 0 Å². The third-order valence-corrected chi connectivity index (χ3v) is 3.30. The van der Waals surface area contributed by atoms with Crippen molar-refractivity contribution in [1.29, 1.82) is 0 Å². The molecule has 0 aromatic rings. The van der Waals surface area contributed by atoms with Gasteiger partial charge in [-0.1, -0.05) is 38.2 Å². The summed E-state index contributed by atoms with van der Waals surface area (Å²) in [6.45, 7) is 8.54. The van der Waals surface area contributed by atoms with Gasteiger partial charge in [-0.2, -0.15) is 0 Å². The monoisotopic (exact) mass is 208 g/mol. The van der Waals surface area contributed by atoms with Crippen molar-refractivity contribution in [1.82, 2.24) is 0 Å². The predicted molar refractivity (Wildman–Crippen MR) is 61.4 cm³/mol. The molecule has 0 aliphatic heterocycles. The molecule has 1 N–H and O–H groups in total. The van der Waals surface area contributed by atoms with Gasteiger partial charge in [0, 0.05) is 6.61 Å². The highest BCUT2D eigenvalue weighted by atomic mass is 16.2. The van der Waals surface area contributed by atoms with Crippen LogP contribution in [0.5, 0.6) is 0 Å². The summed E-state index contributed by atoms with van der Waals surface area (Å²) in [5.41, 5.74) is 1.04. The Balaban J connectivity index is 2.85. The van der Waals surface area contributed by atoms with E-state index in [1.165, 1.54) is 0 Å². The van der Waals surface area contributed by atoms with Crippen LogP contribution in [0.2, 0.25) is 0 Å². The first-order chi connectivity index (χ1) is 7.03. The van der Waals surface area contributed by atoms with Crippen LogP contribution < -0.4 is 0 Å². The van der Waals surface area contributed by atoms with Crippen LogP contribution in [0.25, 0.3) is 0 Å². The van der Waals surface area contributed by atoms with Crippen LogP contribution in [0.4, 0.5) is 0 Å². The minimum atomic E-state index is -0.137. The minimum Gasteiger partial charge on any atom is -0.396 e. The molecule has 0 saturated carbocycles. The number of carbonyl (C=O) groups excluding carboxylic acids is 1. The molecule has 0 amide bonds. The average Bonchev–Trinajstić information content (AvgIpc) is 2.17. The maximum Gasteiger partial charge on any atom is 0.130 e. The van der Waals surface area contributed by atoms with E-state index in [-0.39, 0.29) is 17.9 Å². The van der Waals surface area contributed by atoms with Crippen molar-refractivity contribution < 1.29 is 9.90 Å². The summed E-state index contributed by atoms with van der Waals surface area (Å²) < 4.78 is 0. The van der Waals surface area contributed by atoms with Crippen molar-refractivity contribution in [2.75, 3.05) is 6.61 Å².